The van der Waals surface area contributed by atoms with Crippen molar-refractivity contribution in [2.75, 3.05) is 18.9 Å². The van der Waals surface area contributed by atoms with E-state index in [9.17, 15) is 8.42 Å². The molecule has 1 heterocycles. The molecule has 6 nitrogen and oxygen atoms in total. The van der Waals surface area contributed by atoms with Gasteiger partial charge in [-0.2, -0.15) is 4.73 Å². The number of anilines is 1. The van der Waals surface area contributed by atoms with Crippen LogP contribution in [-0.2, 0) is 10.0 Å². The van der Waals surface area contributed by atoms with E-state index in [1.165, 1.54) is 0 Å². The Morgan fingerprint density at radius 1 is 0.852 bits per heavy atom. The molecule has 1 aromatic heterocycles. The molecular weight excluding hydrogens is 364 g/mol. The molecule has 4 rings (SSSR count). The lowest BCUT2D eigenvalue weighted by atomic mass is 10.1. The van der Waals surface area contributed by atoms with Crippen molar-refractivity contribution in [3.8, 4) is 5.75 Å². The van der Waals surface area contributed by atoms with Gasteiger partial charge in [-0.1, -0.05) is 24.3 Å². The lowest BCUT2D eigenvalue weighted by Crippen LogP contribution is -2.13. The Hall–Kier alpha value is -3.19. The molecule has 4 aromatic rings. The quantitative estimate of drug-likeness (QED) is 0.572. The number of hydrogen-bond acceptors (Lipinski definition) is 4. The number of ether oxygens (including phenoxy) is 1. The molecule has 1 N–H and O–H groups in total. The SMILES string of the molecule is COc1ccc(NS(=O)(=O)c2cccc3c2c2ccccc2n3OC)cc1. The second kappa shape index (κ2) is 6.51. The molecule has 0 aliphatic carbocycles. The Morgan fingerprint density at radius 2 is 1.56 bits per heavy atom. The number of hydrogen-bond donors (Lipinski definition) is 1. The number of fused-ring (bicyclic) bond motifs is 3. The molecule has 0 radical (unpaired) electrons. The summed E-state index contributed by atoms with van der Waals surface area (Å²) in [6.45, 7) is 0. The molecule has 0 aliphatic rings. The summed E-state index contributed by atoms with van der Waals surface area (Å²) in [6, 6.07) is 19.4. The standard InChI is InChI=1S/C20H18N2O4S/c1-25-15-12-10-14(11-13-15)21-27(23,24)19-9-5-8-18-20(19)16-6-3-4-7-17(16)22(18)26-2/h3-13,21H,1-2H3. The molecule has 0 atom stereocenters. The Kier molecular flexibility index (Phi) is 4.16. The van der Waals surface area contributed by atoms with Crippen LogP contribution in [0, 0.1) is 0 Å². The van der Waals surface area contributed by atoms with E-state index in [4.69, 9.17) is 9.57 Å². The van der Waals surface area contributed by atoms with Gasteiger partial charge >= 0.3 is 0 Å². The van der Waals surface area contributed by atoms with Gasteiger partial charge in [0.15, 0.2) is 0 Å². The fourth-order valence-corrected chi connectivity index (χ4v) is 4.54. The van der Waals surface area contributed by atoms with Gasteiger partial charge in [-0.05, 0) is 42.5 Å². The van der Waals surface area contributed by atoms with Crippen LogP contribution >= 0.6 is 0 Å². The van der Waals surface area contributed by atoms with Crippen LogP contribution in [0.15, 0.2) is 71.6 Å². The summed E-state index contributed by atoms with van der Waals surface area (Å²) in [6.07, 6.45) is 0. The molecule has 3 aromatic carbocycles. The van der Waals surface area contributed by atoms with Crippen LogP contribution in [0.1, 0.15) is 0 Å². The minimum absolute atomic E-state index is 0.197. The predicted octanol–water partition coefficient (Wildman–Crippen LogP) is 3.66. The van der Waals surface area contributed by atoms with Gasteiger partial charge in [0.25, 0.3) is 10.0 Å². The number of rotatable bonds is 5. The molecule has 0 saturated heterocycles. The summed E-state index contributed by atoms with van der Waals surface area (Å²) < 4.78 is 35.6. The van der Waals surface area contributed by atoms with Crippen molar-refractivity contribution >= 4 is 37.5 Å². The van der Waals surface area contributed by atoms with Gasteiger partial charge in [0.05, 0.1) is 23.0 Å². The highest BCUT2D eigenvalue weighted by atomic mass is 32.2. The summed E-state index contributed by atoms with van der Waals surface area (Å²) in [5.41, 5.74) is 1.96. The molecule has 27 heavy (non-hydrogen) atoms. The zero-order chi connectivity index (χ0) is 19.0. The van der Waals surface area contributed by atoms with Crippen LogP contribution in [0.3, 0.4) is 0 Å². The van der Waals surface area contributed by atoms with Crippen molar-refractivity contribution in [3.05, 3.63) is 66.7 Å². The van der Waals surface area contributed by atoms with Crippen LogP contribution in [0.2, 0.25) is 0 Å². The molecular formula is C20H18N2O4S. The first-order valence-corrected chi connectivity index (χ1v) is 9.77. The average Bonchev–Trinajstić information content (AvgIpc) is 3.02. The van der Waals surface area contributed by atoms with Gasteiger partial charge in [0.1, 0.15) is 12.9 Å². The van der Waals surface area contributed by atoms with Gasteiger partial charge < -0.3 is 9.57 Å². The maximum atomic E-state index is 13.1. The van der Waals surface area contributed by atoms with Crippen LogP contribution in [-0.4, -0.2) is 27.4 Å². The smallest absolute Gasteiger partial charge is 0.262 e. The number of nitrogens with one attached hydrogen (secondary N) is 1. The normalized spacial score (nSPS) is 11.6. The molecule has 7 heteroatoms. The Morgan fingerprint density at radius 3 is 2.26 bits per heavy atom. The van der Waals surface area contributed by atoms with Crippen molar-refractivity contribution in [1.29, 1.82) is 0 Å². The summed E-state index contributed by atoms with van der Waals surface area (Å²) in [4.78, 5) is 5.68. The Bertz CT molecular complexity index is 1230. The van der Waals surface area contributed by atoms with Gasteiger partial charge in [-0.25, -0.2) is 8.42 Å². The third-order valence-electron chi connectivity index (χ3n) is 4.43. The zero-order valence-corrected chi connectivity index (χ0v) is 15.7. The number of sulfonamides is 1. The monoisotopic (exact) mass is 382 g/mol. The lowest BCUT2D eigenvalue weighted by molar-refractivity contribution is 0.190. The predicted molar refractivity (Wildman–Crippen MR) is 106 cm³/mol. The van der Waals surface area contributed by atoms with Gasteiger partial charge in [0, 0.05) is 16.5 Å². The van der Waals surface area contributed by atoms with Crippen LogP contribution in [0.5, 0.6) is 5.75 Å². The molecule has 0 amide bonds. The third-order valence-corrected chi connectivity index (χ3v) is 5.85. The van der Waals surface area contributed by atoms with Crippen LogP contribution in [0.4, 0.5) is 5.69 Å². The maximum Gasteiger partial charge on any atom is 0.262 e. The molecule has 0 bridgehead atoms. The Labute approximate surface area is 156 Å². The van der Waals surface area contributed by atoms with E-state index in [1.807, 2.05) is 30.3 Å². The number of para-hydroxylation sites is 1. The van der Waals surface area contributed by atoms with Crippen LogP contribution in [0.25, 0.3) is 21.8 Å². The number of aromatic nitrogens is 1. The summed E-state index contributed by atoms with van der Waals surface area (Å²) in [7, 11) is -0.686. The molecule has 0 unspecified atom stereocenters. The van der Waals surface area contributed by atoms with E-state index in [1.54, 1.807) is 55.3 Å². The molecule has 0 fully saturated rings. The van der Waals surface area contributed by atoms with Gasteiger partial charge in [-0.3, -0.25) is 4.72 Å². The summed E-state index contributed by atoms with van der Waals surface area (Å²) in [5, 5.41) is 1.43. The molecule has 0 aliphatic heterocycles. The van der Waals surface area contributed by atoms with Crippen molar-refractivity contribution in [1.82, 2.24) is 4.73 Å². The maximum absolute atomic E-state index is 13.1. The molecule has 138 valence electrons. The van der Waals surface area contributed by atoms with Crippen molar-refractivity contribution in [2.24, 2.45) is 0 Å². The number of benzene rings is 3. The van der Waals surface area contributed by atoms with Crippen molar-refractivity contribution < 1.29 is 18.0 Å². The van der Waals surface area contributed by atoms with E-state index in [-0.39, 0.29) is 4.90 Å². The fraction of sp³-hybridized carbons (Fsp3) is 0.100. The summed E-state index contributed by atoms with van der Waals surface area (Å²) in [5.74, 6) is 0.656. The molecule has 0 spiro atoms. The number of methoxy groups -OCH3 is 1. The van der Waals surface area contributed by atoms with E-state index in [0.29, 0.717) is 22.3 Å². The second-order valence-corrected chi connectivity index (χ2v) is 7.63. The minimum atomic E-state index is -3.81. The highest BCUT2D eigenvalue weighted by Crippen LogP contribution is 2.33. The first-order valence-electron chi connectivity index (χ1n) is 8.28. The fourth-order valence-electron chi connectivity index (χ4n) is 3.24. The topological polar surface area (TPSA) is 69.6 Å². The van der Waals surface area contributed by atoms with E-state index in [2.05, 4.69) is 4.72 Å². The average molecular weight is 382 g/mol. The van der Waals surface area contributed by atoms with E-state index in [0.717, 1.165) is 10.9 Å². The second-order valence-electron chi connectivity index (χ2n) is 5.98. The molecule has 0 saturated carbocycles. The zero-order valence-electron chi connectivity index (χ0n) is 14.8. The highest BCUT2D eigenvalue weighted by molar-refractivity contribution is 7.93. The van der Waals surface area contributed by atoms with Crippen molar-refractivity contribution in [3.63, 3.8) is 0 Å². The van der Waals surface area contributed by atoms with E-state index < -0.39 is 10.0 Å². The first kappa shape index (κ1) is 17.2. The number of nitrogens with zero attached hydrogens (tertiary/aromatic N) is 1. The largest absolute Gasteiger partial charge is 0.497 e. The summed E-state index contributed by atoms with van der Waals surface area (Å²) >= 11 is 0. The van der Waals surface area contributed by atoms with Gasteiger partial charge in [0.2, 0.25) is 0 Å². The lowest BCUT2D eigenvalue weighted by Gasteiger charge is -2.10. The van der Waals surface area contributed by atoms with Gasteiger partial charge in [-0.15, -0.1) is 0 Å². The van der Waals surface area contributed by atoms with Crippen LogP contribution < -0.4 is 14.3 Å². The first-order chi connectivity index (χ1) is 13.0. The highest BCUT2D eigenvalue weighted by Gasteiger charge is 2.22. The Balaban J connectivity index is 1.89. The van der Waals surface area contributed by atoms with E-state index >= 15 is 0 Å². The third kappa shape index (κ3) is 2.86. The van der Waals surface area contributed by atoms with Crippen molar-refractivity contribution in [2.45, 2.75) is 4.90 Å². The minimum Gasteiger partial charge on any atom is -0.497 e.